The Morgan fingerprint density at radius 3 is 2.36 bits per heavy atom. The van der Waals surface area contributed by atoms with Crippen molar-refractivity contribution in [1.82, 2.24) is 14.2 Å². The van der Waals surface area contributed by atoms with Gasteiger partial charge >= 0.3 is 17.3 Å². The molecule has 0 spiro atoms. The van der Waals surface area contributed by atoms with Crippen molar-refractivity contribution in [2.45, 2.75) is 13.1 Å². The molecule has 2 heterocycles. The molecule has 7 nitrogen and oxygen atoms in total. The second-order valence-corrected chi connectivity index (χ2v) is 5.24. The SMILES string of the molecule is CC(=O)Nn1c(=O)c(=O)[nH]c2cc(C(F)(F)F)c(-n3cccc3)cc21. The van der Waals surface area contributed by atoms with E-state index in [1.807, 2.05) is 0 Å². The van der Waals surface area contributed by atoms with E-state index in [9.17, 15) is 27.6 Å². The lowest BCUT2D eigenvalue weighted by Gasteiger charge is -2.17. The second kappa shape index (κ2) is 5.65. The minimum atomic E-state index is -4.69. The quantitative estimate of drug-likeness (QED) is 0.687. The highest BCUT2D eigenvalue weighted by molar-refractivity contribution is 5.85. The number of alkyl halides is 3. The summed E-state index contributed by atoms with van der Waals surface area (Å²) in [5, 5.41) is 0. The smallest absolute Gasteiger partial charge is 0.323 e. The maximum atomic E-state index is 13.4. The molecule has 1 aromatic carbocycles. The minimum absolute atomic E-state index is 0.0727. The summed E-state index contributed by atoms with van der Waals surface area (Å²) in [6.07, 6.45) is -1.88. The highest BCUT2D eigenvalue weighted by Gasteiger charge is 2.35. The fourth-order valence-corrected chi connectivity index (χ4v) is 2.45. The molecule has 0 saturated heterocycles. The first-order chi connectivity index (χ1) is 11.7. The van der Waals surface area contributed by atoms with Gasteiger partial charge in [0.25, 0.3) is 0 Å². The zero-order valence-corrected chi connectivity index (χ0v) is 12.7. The van der Waals surface area contributed by atoms with E-state index in [2.05, 4.69) is 10.4 Å². The van der Waals surface area contributed by atoms with Crippen LogP contribution in [0.2, 0.25) is 0 Å². The van der Waals surface area contributed by atoms with Crippen LogP contribution in [-0.4, -0.2) is 20.1 Å². The van der Waals surface area contributed by atoms with Gasteiger partial charge in [-0.3, -0.25) is 19.8 Å². The molecule has 2 aromatic heterocycles. The maximum Gasteiger partial charge on any atom is 0.418 e. The molecular weight excluding hydrogens is 341 g/mol. The van der Waals surface area contributed by atoms with E-state index in [0.29, 0.717) is 4.68 Å². The van der Waals surface area contributed by atoms with Crippen molar-refractivity contribution in [3.63, 3.8) is 0 Å². The third-order valence-corrected chi connectivity index (χ3v) is 3.46. The van der Waals surface area contributed by atoms with Crippen LogP contribution in [0.1, 0.15) is 12.5 Å². The second-order valence-electron chi connectivity index (χ2n) is 5.24. The normalized spacial score (nSPS) is 11.7. The Morgan fingerprint density at radius 2 is 1.80 bits per heavy atom. The van der Waals surface area contributed by atoms with Crippen molar-refractivity contribution in [3.8, 4) is 5.69 Å². The van der Waals surface area contributed by atoms with Gasteiger partial charge in [0.2, 0.25) is 5.91 Å². The van der Waals surface area contributed by atoms with Crippen LogP contribution in [0.15, 0.2) is 46.2 Å². The lowest BCUT2D eigenvalue weighted by Crippen LogP contribution is -2.42. The summed E-state index contributed by atoms with van der Waals surface area (Å²) < 4.78 is 42.1. The number of carbonyl (C=O) groups excluding carboxylic acids is 1. The van der Waals surface area contributed by atoms with Gasteiger partial charge in [0.15, 0.2) is 0 Å². The van der Waals surface area contributed by atoms with E-state index in [0.717, 1.165) is 19.1 Å². The minimum Gasteiger partial charge on any atom is -0.323 e. The summed E-state index contributed by atoms with van der Waals surface area (Å²) in [4.78, 5) is 37.1. The number of benzene rings is 1. The molecule has 0 aliphatic carbocycles. The fourth-order valence-electron chi connectivity index (χ4n) is 2.45. The average Bonchev–Trinajstić information content (AvgIpc) is 3.04. The summed E-state index contributed by atoms with van der Waals surface area (Å²) in [5.41, 5.74) is -1.68. The molecule has 0 aliphatic rings. The molecule has 3 aromatic rings. The number of halogens is 3. The van der Waals surface area contributed by atoms with E-state index < -0.39 is 28.8 Å². The molecule has 2 N–H and O–H groups in total. The molecule has 25 heavy (non-hydrogen) atoms. The number of H-pyrrole nitrogens is 1. The Bertz CT molecular complexity index is 1080. The predicted octanol–water partition coefficient (Wildman–Crippen LogP) is 1.59. The van der Waals surface area contributed by atoms with Crippen LogP contribution >= 0.6 is 0 Å². The summed E-state index contributed by atoms with van der Waals surface area (Å²) >= 11 is 0. The summed E-state index contributed by atoms with van der Waals surface area (Å²) in [5.74, 6) is -0.656. The van der Waals surface area contributed by atoms with Crippen LogP contribution in [0.25, 0.3) is 16.7 Å². The molecule has 3 rings (SSSR count). The van der Waals surface area contributed by atoms with E-state index in [1.54, 1.807) is 0 Å². The molecule has 0 radical (unpaired) electrons. The molecular formula is C15H11F3N4O3. The molecule has 1 amide bonds. The Kier molecular flexibility index (Phi) is 3.74. The van der Waals surface area contributed by atoms with Gasteiger partial charge in [-0.15, -0.1) is 0 Å². The van der Waals surface area contributed by atoms with Crippen molar-refractivity contribution < 1.29 is 18.0 Å². The van der Waals surface area contributed by atoms with Gasteiger partial charge in [-0.1, -0.05) is 0 Å². The monoisotopic (exact) mass is 352 g/mol. The topological polar surface area (TPSA) is 88.9 Å². The standard InChI is InChI=1S/C15H11F3N4O3/c1-8(23)20-22-12-7-11(21-4-2-3-5-21)9(15(16,17)18)6-10(12)19-13(24)14(22)25/h2-7H,1H3,(H,19,24)(H,20,23). The van der Waals surface area contributed by atoms with Gasteiger partial charge in [-0.25, -0.2) is 4.68 Å². The first kappa shape index (κ1) is 16.6. The number of carbonyl (C=O) groups is 1. The predicted molar refractivity (Wildman–Crippen MR) is 83.2 cm³/mol. The number of aromatic nitrogens is 3. The number of nitrogens with zero attached hydrogens (tertiary/aromatic N) is 2. The number of amides is 1. The van der Waals surface area contributed by atoms with Crippen molar-refractivity contribution in [2.75, 3.05) is 5.43 Å². The van der Waals surface area contributed by atoms with Crippen LogP contribution in [0.3, 0.4) is 0 Å². The fraction of sp³-hybridized carbons (Fsp3) is 0.133. The van der Waals surface area contributed by atoms with E-state index in [1.165, 1.54) is 29.1 Å². The van der Waals surface area contributed by atoms with Gasteiger partial charge in [0, 0.05) is 19.3 Å². The van der Waals surface area contributed by atoms with Crippen LogP contribution in [-0.2, 0) is 11.0 Å². The molecule has 0 saturated carbocycles. The number of rotatable bonds is 2. The van der Waals surface area contributed by atoms with Gasteiger partial charge in [-0.05, 0) is 24.3 Å². The molecule has 0 atom stereocenters. The van der Waals surface area contributed by atoms with Gasteiger partial charge in [-0.2, -0.15) is 13.2 Å². The maximum absolute atomic E-state index is 13.4. The molecule has 0 aliphatic heterocycles. The average molecular weight is 352 g/mol. The third kappa shape index (κ3) is 2.93. The Hall–Kier alpha value is -3.30. The van der Waals surface area contributed by atoms with Crippen molar-refractivity contribution in [2.24, 2.45) is 0 Å². The number of fused-ring (bicyclic) bond motifs is 1. The lowest BCUT2D eigenvalue weighted by molar-refractivity contribution is -0.137. The number of hydrogen-bond acceptors (Lipinski definition) is 3. The van der Waals surface area contributed by atoms with Crippen LogP contribution in [0.5, 0.6) is 0 Å². The van der Waals surface area contributed by atoms with E-state index >= 15 is 0 Å². The number of aromatic amines is 1. The third-order valence-electron chi connectivity index (χ3n) is 3.46. The van der Waals surface area contributed by atoms with Crippen molar-refractivity contribution in [1.29, 1.82) is 0 Å². The van der Waals surface area contributed by atoms with E-state index in [4.69, 9.17) is 0 Å². The van der Waals surface area contributed by atoms with Crippen LogP contribution < -0.4 is 16.5 Å². The first-order valence-electron chi connectivity index (χ1n) is 6.99. The van der Waals surface area contributed by atoms with Crippen LogP contribution in [0.4, 0.5) is 13.2 Å². The van der Waals surface area contributed by atoms with Crippen molar-refractivity contribution >= 4 is 16.9 Å². The van der Waals surface area contributed by atoms with Gasteiger partial charge in [0.1, 0.15) is 0 Å². The number of nitrogens with one attached hydrogen (secondary N) is 2. The molecule has 0 bridgehead atoms. The zero-order chi connectivity index (χ0) is 18.4. The number of hydrogen-bond donors (Lipinski definition) is 2. The van der Waals surface area contributed by atoms with Crippen molar-refractivity contribution in [3.05, 3.63) is 62.9 Å². The molecule has 0 unspecified atom stereocenters. The summed E-state index contributed by atoms with van der Waals surface area (Å²) in [6, 6.07) is 4.88. The summed E-state index contributed by atoms with van der Waals surface area (Å²) in [6.45, 7) is 1.11. The lowest BCUT2D eigenvalue weighted by atomic mass is 10.1. The first-order valence-corrected chi connectivity index (χ1v) is 6.99. The Balaban J connectivity index is 2.45. The highest BCUT2D eigenvalue weighted by atomic mass is 19.4. The highest BCUT2D eigenvalue weighted by Crippen LogP contribution is 2.35. The Morgan fingerprint density at radius 1 is 1.16 bits per heavy atom. The molecule has 0 fully saturated rings. The van der Waals surface area contributed by atoms with E-state index in [-0.39, 0.29) is 16.7 Å². The van der Waals surface area contributed by atoms with Gasteiger partial charge in [0.05, 0.1) is 22.3 Å². The zero-order valence-electron chi connectivity index (χ0n) is 12.7. The Labute approximate surface area is 137 Å². The summed E-state index contributed by atoms with van der Waals surface area (Å²) in [7, 11) is 0. The van der Waals surface area contributed by atoms with Gasteiger partial charge < -0.3 is 9.55 Å². The van der Waals surface area contributed by atoms with Crippen LogP contribution in [0, 0.1) is 0 Å². The molecule has 130 valence electrons. The largest absolute Gasteiger partial charge is 0.418 e. The molecule has 10 heteroatoms.